The van der Waals surface area contributed by atoms with E-state index in [-0.39, 0.29) is 41.5 Å². The van der Waals surface area contributed by atoms with Crippen molar-refractivity contribution in [2.45, 2.75) is 64.5 Å². The van der Waals surface area contributed by atoms with Crippen molar-refractivity contribution in [1.82, 2.24) is 23.9 Å². The molecule has 2 aromatic carbocycles. The molecule has 3 fully saturated rings. The summed E-state index contributed by atoms with van der Waals surface area (Å²) in [4.78, 5) is 44.9. The third-order valence-corrected chi connectivity index (χ3v) is 13.3. The fraction of sp³-hybridized carbons (Fsp3) is 0.595. The maximum Gasteiger partial charge on any atom is 0.409 e. The van der Waals surface area contributed by atoms with Crippen molar-refractivity contribution in [2.75, 3.05) is 77.1 Å². The number of phenolic OH excluding ortho intramolecular Hbond substituents is 1. The lowest BCUT2D eigenvalue weighted by atomic mass is 9.97. The Bertz CT molecular complexity index is 1660. The number of benzene rings is 2. The summed E-state index contributed by atoms with van der Waals surface area (Å²) in [5.74, 6) is 0.428. The van der Waals surface area contributed by atoms with Crippen molar-refractivity contribution >= 4 is 49.7 Å². The van der Waals surface area contributed by atoms with Crippen LogP contribution in [0.4, 0.5) is 15.3 Å². The van der Waals surface area contributed by atoms with E-state index in [9.17, 15) is 27.9 Å². The van der Waals surface area contributed by atoms with Crippen LogP contribution in [0.5, 0.6) is 5.75 Å². The number of sulfonamides is 1. The molecule has 2 N–H and O–H groups in total. The number of urea groups is 1. The number of methoxy groups -OCH3 is 1. The number of aromatic hydroxyl groups is 1. The molecule has 1 atom stereocenters. The van der Waals surface area contributed by atoms with Crippen molar-refractivity contribution in [1.29, 1.82) is 0 Å². The minimum atomic E-state index is -3.10. The number of carbonyl (C=O) groups excluding carboxylic acids is 3. The van der Waals surface area contributed by atoms with E-state index in [1.54, 1.807) is 22.2 Å². The smallest absolute Gasteiger partial charge is 0.409 e. The number of piperazine rings is 1. The van der Waals surface area contributed by atoms with Gasteiger partial charge in [-0.1, -0.05) is 31.2 Å². The molecule has 4 amide bonds. The molecule has 4 aliphatic rings. The molecule has 0 unspecified atom stereocenters. The second kappa shape index (κ2) is 18.1. The number of anilines is 1. The van der Waals surface area contributed by atoms with E-state index in [0.29, 0.717) is 49.7 Å². The molecular formula is C37H53BrN6O7S. The van der Waals surface area contributed by atoms with Gasteiger partial charge >= 0.3 is 12.1 Å². The lowest BCUT2D eigenvalue weighted by molar-refractivity contribution is -0.136. The number of para-hydroxylation sites is 1. The highest BCUT2D eigenvalue weighted by Crippen LogP contribution is 2.27. The van der Waals surface area contributed by atoms with E-state index in [2.05, 4.69) is 32.2 Å². The van der Waals surface area contributed by atoms with Gasteiger partial charge in [0, 0.05) is 82.6 Å². The second-order valence-electron chi connectivity index (χ2n) is 14.0. The second-order valence-corrected chi connectivity index (χ2v) is 17.1. The van der Waals surface area contributed by atoms with Gasteiger partial charge in [-0.15, -0.1) is 0 Å². The molecule has 0 aromatic heterocycles. The van der Waals surface area contributed by atoms with Gasteiger partial charge in [0.05, 0.1) is 17.3 Å². The minimum Gasteiger partial charge on any atom is -0.507 e. The molecule has 2 aromatic rings. The number of hydrogen-bond donors (Lipinski definition) is 2. The van der Waals surface area contributed by atoms with Crippen LogP contribution >= 0.6 is 15.9 Å². The molecule has 0 aliphatic carbocycles. The zero-order valence-electron chi connectivity index (χ0n) is 30.5. The number of likely N-dealkylation sites (tertiary alicyclic amines) is 2. The number of rotatable bonds is 7. The molecular weight excluding hydrogens is 752 g/mol. The molecule has 15 heteroatoms. The number of nitrogens with zero attached hydrogens (tertiary/aromatic N) is 5. The van der Waals surface area contributed by atoms with Crippen LogP contribution < -0.4 is 5.32 Å². The number of ether oxygens (including phenoxy) is 1. The quantitative estimate of drug-likeness (QED) is 0.414. The Morgan fingerprint density at radius 3 is 2.19 bits per heavy atom. The first-order valence-corrected chi connectivity index (χ1v) is 20.8. The van der Waals surface area contributed by atoms with Gasteiger partial charge < -0.3 is 29.9 Å². The van der Waals surface area contributed by atoms with Crippen molar-refractivity contribution < 1.29 is 32.6 Å². The van der Waals surface area contributed by atoms with Crippen LogP contribution in [-0.2, 0) is 32.4 Å². The summed E-state index contributed by atoms with van der Waals surface area (Å²) >= 11 is 3.33. The molecule has 0 bridgehead atoms. The predicted octanol–water partition coefficient (Wildman–Crippen LogP) is 4.60. The Hall–Kier alpha value is -3.40. The first-order chi connectivity index (χ1) is 24.9. The average Bonchev–Trinajstić information content (AvgIpc) is 3.34. The number of nitrogens with one attached hydrogen (secondary N) is 1. The monoisotopic (exact) mass is 804 g/mol. The first kappa shape index (κ1) is 39.8. The fourth-order valence-electron chi connectivity index (χ4n) is 7.64. The van der Waals surface area contributed by atoms with Gasteiger partial charge in [0.15, 0.2) is 0 Å². The number of carbonyl (C=O) groups is 3. The Morgan fingerprint density at radius 2 is 1.56 bits per heavy atom. The lowest BCUT2D eigenvalue weighted by Gasteiger charge is -2.42. The molecule has 4 aliphatic heterocycles. The number of fused-ring (bicyclic) bond motifs is 1. The van der Waals surface area contributed by atoms with Crippen LogP contribution in [0.1, 0.15) is 50.7 Å². The lowest BCUT2D eigenvalue weighted by Crippen LogP contribution is -2.55. The number of piperidine rings is 2. The summed E-state index contributed by atoms with van der Waals surface area (Å²) in [6.45, 7) is 9.80. The molecule has 286 valence electrons. The van der Waals surface area contributed by atoms with Crippen molar-refractivity contribution in [3.8, 4) is 5.75 Å². The summed E-state index contributed by atoms with van der Waals surface area (Å²) in [7, 11) is -1.70. The number of amides is 4. The third kappa shape index (κ3) is 9.97. The number of halogens is 1. The van der Waals surface area contributed by atoms with E-state index in [1.807, 2.05) is 47.1 Å². The van der Waals surface area contributed by atoms with Gasteiger partial charge in [-0.05, 0) is 90.7 Å². The molecule has 0 radical (unpaired) electrons. The van der Waals surface area contributed by atoms with Crippen LogP contribution in [0.3, 0.4) is 0 Å². The van der Waals surface area contributed by atoms with Crippen LogP contribution in [0, 0.1) is 5.92 Å². The zero-order valence-corrected chi connectivity index (χ0v) is 32.9. The van der Waals surface area contributed by atoms with Crippen molar-refractivity contribution in [3.05, 3.63) is 58.1 Å². The summed E-state index contributed by atoms with van der Waals surface area (Å²) in [5.41, 5.74) is 3.10. The van der Waals surface area contributed by atoms with Gasteiger partial charge in [0.1, 0.15) is 5.75 Å². The normalized spacial score (nSPS) is 20.2. The number of phenols is 1. The van der Waals surface area contributed by atoms with Crippen LogP contribution in [0.2, 0.25) is 0 Å². The van der Waals surface area contributed by atoms with Crippen molar-refractivity contribution in [3.63, 3.8) is 0 Å². The maximum atomic E-state index is 12.9. The number of hydrogen-bond acceptors (Lipinski definition) is 8. The SMILES string of the molecule is CCS(=O)(=O)N1CCN(C2CCN(C(=O)[C@H](C)Cc3ccc(O)c(Br)c3)CC2)CC1.COC(=O)N1CCC(N2CCc3ccccc3NC2=O)CC1. The Morgan fingerprint density at radius 1 is 0.923 bits per heavy atom. The maximum absolute atomic E-state index is 12.9. The van der Waals surface area contributed by atoms with E-state index < -0.39 is 10.0 Å². The topological polar surface area (TPSA) is 143 Å². The Kier molecular flexibility index (Phi) is 13.8. The highest BCUT2D eigenvalue weighted by molar-refractivity contribution is 9.10. The van der Waals surface area contributed by atoms with Crippen LogP contribution in [-0.4, -0.2) is 139 Å². The van der Waals surface area contributed by atoms with E-state index in [4.69, 9.17) is 4.74 Å². The fourth-order valence-corrected chi connectivity index (χ4v) is 9.15. The molecule has 0 spiro atoms. The summed E-state index contributed by atoms with van der Waals surface area (Å²) < 4.78 is 31.1. The molecule has 52 heavy (non-hydrogen) atoms. The van der Waals surface area contributed by atoms with Gasteiger partial charge in [0.25, 0.3) is 0 Å². The summed E-state index contributed by atoms with van der Waals surface area (Å²) in [5, 5.41) is 12.6. The minimum absolute atomic E-state index is 0.0403. The predicted molar refractivity (Wildman–Crippen MR) is 204 cm³/mol. The molecule has 0 saturated carbocycles. The highest BCUT2D eigenvalue weighted by Gasteiger charge is 2.34. The van der Waals surface area contributed by atoms with Crippen LogP contribution in [0.25, 0.3) is 0 Å². The van der Waals surface area contributed by atoms with Gasteiger partial charge in [0.2, 0.25) is 15.9 Å². The van der Waals surface area contributed by atoms with Gasteiger partial charge in [-0.2, -0.15) is 4.31 Å². The molecule has 3 saturated heterocycles. The third-order valence-electron chi connectivity index (χ3n) is 10.8. The van der Waals surface area contributed by atoms with E-state index in [0.717, 1.165) is 69.5 Å². The molecule has 6 rings (SSSR count). The van der Waals surface area contributed by atoms with Crippen LogP contribution in [0.15, 0.2) is 46.9 Å². The molecule has 4 heterocycles. The summed E-state index contributed by atoms with van der Waals surface area (Å²) in [6, 6.07) is 13.8. The average molecular weight is 806 g/mol. The highest BCUT2D eigenvalue weighted by atomic mass is 79.9. The zero-order chi connectivity index (χ0) is 37.4. The Balaban J connectivity index is 0.000000210. The van der Waals surface area contributed by atoms with Gasteiger partial charge in [-0.3, -0.25) is 9.69 Å². The largest absolute Gasteiger partial charge is 0.507 e. The summed E-state index contributed by atoms with van der Waals surface area (Å²) in [6.07, 6.45) is 4.66. The van der Waals surface area contributed by atoms with Gasteiger partial charge in [-0.25, -0.2) is 18.0 Å². The van der Waals surface area contributed by atoms with E-state index >= 15 is 0 Å². The molecule has 13 nitrogen and oxygen atoms in total. The first-order valence-electron chi connectivity index (χ1n) is 18.4. The van der Waals surface area contributed by atoms with E-state index in [1.165, 1.54) is 12.7 Å². The standard InChI is InChI=1S/C21H32BrN3O4S.C16H21N3O3/c1-3-30(28,29)25-12-10-23(11-13-25)18-6-8-24(9-7-18)21(27)16(2)14-17-4-5-20(26)19(22)15-17;1-22-16(21)18-9-7-13(8-10-18)19-11-6-12-4-2-3-5-14(12)17-15(19)20/h4-5,15-16,18,26H,3,6-14H2,1-2H3;2-5,13H,6-11H2,1H3,(H,17,20)/t16-;/m1./s1. The van der Waals surface area contributed by atoms with Crippen molar-refractivity contribution in [2.24, 2.45) is 5.92 Å². The Labute approximate surface area is 316 Å².